The Labute approximate surface area is 138 Å². The van der Waals surface area contributed by atoms with Gasteiger partial charge >= 0.3 is 6.61 Å². The lowest BCUT2D eigenvalue weighted by atomic mass is 10.1. The van der Waals surface area contributed by atoms with Crippen LogP contribution in [0.1, 0.15) is 17.2 Å². The van der Waals surface area contributed by atoms with Gasteiger partial charge in [0, 0.05) is 5.69 Å². The minimum atomic E-state index is -2.91. The number of nitrogens with one attached hydrogen (secondary N) is 1. The molecule has 7 heteroatoms. The molecule has 0 aliphatic heterocycles. The second-order valence-electron chi connectivity index (χ2n) is 5.19. The van der Waals surface area contributed by atoms with E-state index in [-0.39, 0.29) is 18.3 Å². The molecule has 0 aliphatic carbocycles. The van der Waals surface area contributed by atoms with Gasteiger partial charge in [-0.3, -0.25) is 4.99 Å². The monoisotopic (exact) mass is 335 g/mol. The molecule has 0 heterocycles. The summed E-state index contributed by atoms with van der Waals surface area (Å²) >= 11 is 0. The van der Waals surface area contributed by atoms with Crippen LogP contribution < -0.4 is 15.8 Å². The van der Waals surface area contributed by atoms with Crippen LogP contribution in [0.15, 0.2) is 53.5 Å². The summed E-state index contributed by atoms with van der Waals surface area (Å²) < 4.78 is 28.7. The van der Waals surface area contributed by atoms with Crippen molar-refractivity contribution in [2.24, 2.45) is 10.7 Å². The molecule has 4 N–H and O–H groups in total. The highest BCUT2D eigenvalue weighted by atomic mass is 19.3. The summed E-state index contributed by atoms with van der Waals surface area (Å²) in [5.41, 5.74) is 8.06. The third kappa shape index (κ3) is 5.51. The van der Waals surface area contributed by atoms with Gasteiger partial charge < -0.3 is 20.9 Å². The molecule has 0 radical (unpaired) electrons. The molecule has 1 unspecified atom stereocenters. The number of nitrogens with two attached hydrogens (primary N) is 1. The molecular weight excluding hydrogens is 316 g/mol. The normalized spacial score (nSPS) is 13.0. The van der Waals surface area contributed by atoms with Gasteiger partial charge in [-0.2, -0.15) is 8.78 Å². The SMILES string of the molecule is Cc1cccc(NC(N)=NCC(O)c2cccc(OC(F)F)c2)c1. The van der Waals surface area contributed by atoms with Crippen LogP contribution in [0, 0.1) is 6.92 Å². The molecule has 2 aromatic carbocycles. The van der Waals surface area contributed by atoms with Gasteiger partial charge in [0.25, 0.3) is 0 Å². The van der Waals surface area contributed by atoms with Crippen LogP contribution in [-0.2, 0) is 0 Å². The summed E-state index contributed by atoms with van der Waals surface area (Å²) in [6.07, 6.45) is -0.982. The molecule has 0 fully saturated rings. The lowest BCUT2D eigenvalue weighted by Gasteiger charge is -2.12. The van der Waals surface area contributed by atoms with E-state index in [2.05, 4.69) is 15.0 Å². The van der Waals surface area contributed by atoms with E-state index in [4.69, 9.17) is 5.73 Å². The second-order valence-corrected chi connectivity index (χ2v) is 5.19. The van der Waals surface area contributed by atoms with Crippen molar-refractivity contribution in [2.75, 3.05) is 11.9 Å². The summed E-state index contributed by atoms with van der Waals surface area (Å²) in [7, 11) is 0. The van der Waals surface area contributed by atoms with Crippen LogP contribution in [0.5, 0.6) is 5.75 Å². The number of aliphatic hydroxyl groups excluding tert-OH is 1. The Balaban J connectivity index is 1.97. The van der Waals surface area contributed by atoms with Crippen LogP contribution >= 0.6 is 0 Å². The van der Waals surface area contributed by atoms with Crippen molar-refractivity contribution < 1.29 is 18.6 Å². The molecule has 5 nitrogen and oxygen atoms in total. The summed E-state index contributed by atoms with van der Waals surface area (Å²) in [4.78, 5) is 4.06. The van der Waals surface area contributed by atoms with Gasteiger partial charge in [0.15, 0.2) is 5.96 Å². The third-order valence-electron chi connectivity index (χ3n) is 3.19. The highest BCUT2D eigenvalue weighted by molar-refractivity contribution is 5.92. The predicted octanol–water partition coefficient (Wildman–Crippen LogP) is 3.06. The van der Waals surface area contributed by atoms with Crippen molar-refractivity contribution in [1.82, 2.24) is 0 Å². The molecule has 2 aromatic rings. The lowest BCUT2D eigenvalue weighted by molar-refractivity contribution is -0.0499. The van der Waals surface area contributed by atoms with Crippen LogP contribution in [0.25, 0.3) is 0 Å². The quantitative estimate of drug-likeness (QED) is 0.560. The number of halogens is 2. The van der Waals surface area contributed by atoms with Crippen molar-refractivity contribution in [3.05, 3.63) is 59.7 Å². The first kappa shape index (κ1) is 17.7. The fraction of sp³-hybridized carbons (Fsp3) is 0.235. The van der Waals surface area contributed by atoms with E-state index in [1.807, 2.05) is 31.2 Å². The van der Waals surface area contributed by atoms with E-state index >= 15 is 0 Å². The standard InChI is InChI=1S/C17H19F2N3O2/c1-11-4-2-6-13(8-11)22-17(20)21-10-15(23)12-5-3-7-14(9-12)24-16(18)19/h2-9,15-16,23H,10H2,1H3,(H3,20,21,22). The largest absolute Gasteiger partial charge is 0.435 e. The second kappa shape index (κ2) is 8.26. The Bertz CT molecular complexity index is 708. The average molecular weight is 335 g/mol. The predicted molar refractivity (Wildman–Crippen MR) is 89.3 cm³/mol. The van der Waals surface area contributed by atoms with Crippen molar-refractivity contribution in [2.45, 2.75) is 19.6 Å². The Morgan fingerprint density at radius 3 is 2.71 bits per heavy atom. The number of aryl methyl sites for hydroxylation is 1. The van der Waals surface area contributed by atoms with Crippen molar-refractivity contribution in [1.29, 1.82) is 0 Å². The van der Waals surface area contributed by atoms with Gasteiger partial charge in [0.05, 0.1) is 12.6 Å². The Hall–Kier alpha value is -2.67. The molecule has 0 amide bonds. The minimum Gasteiger partial charge on any atom is -0.435 e. The smallest absolute Gasteiger partial charge is 0.387 e. The maximum atomic E-state index is 12.2. The molecule has 128 valence electrons. The number of benzene rings is 2. The van der Waals surface area contributed by atoms with E-state index in [1.54, 1.807) is 6.07 Å². The zero-order chi connectivity index (χ0) is 17.5. The Kier molecular flexibility index (Phi) is 6.08. The number of aliphatic hydroxyl groups is 1. The van der Waals surface area contributed by atoms with E-state index < -0.39 is 12.7 Å². The lowest BCUT2D eigenvalue weighted by Crippen LogP contribution is -2.23. The highest BCUT2D eigenvalue weighted by Crippen LogP contribution is 2.21. The van der Waals surface area contributed by atoms with Gasteiger partial charge in [0.1, 0.15) is 5.75 Å². The highest BCUT2D eigenvalue weighted by Gasteiger charge is 2.10. The summed E-state index contributed by atoms with van der Waals surface area (Å²) in [6.45, 7) is -0.968. The molecule has 0 aliphatic rings. The van der Waals surface area contributed by atoms with Gasteiger partial charge in [-0.15, -0.1) is 0 Å². The fourth-order valence-electron chi connectivity index (χ4n) is 2.10. The molecule has 0 saturated heterocycles. The van der Waals surface area contributed by atoms with E-state index in [0.29, 0.717) is 5.56 Å². The average Bonchev–Trinajstić information content (AvgIpc) is 2.52. The summed E-state index contributed by atoms with van der Waals surface area (Å²) in [5, 5.41) is 13.0. The summed E-state index contributed by atoms with van der Waals surface area (Å²) in [6, 6.07) is 13.4. The van der Waals surface area contributed by atoms with E-state index in [9.17, 15) is 13.9 Å². The van der Waals surface area contributed by atoms with Crippen molar-refractivity contribution in [3.8, 4) is 5.75 Å². The van der Waals surface area contributed by atoms with Crippen LogP contribution in [0.4, 0.5) is 14.5 Å². The number of ether oxygens (including phenoxy) is 1. The van der Waals surface area contributed by atoms with Gasteiger partial charge in [-0.05, 0) is 42.3 Å². The van der Waals surface area contributed by atoms with Gasteiger partial charge in [-0.25, -0.2) is 0 Å². The number of hydrogen-bond donors (Lipinski definition) is 3. The maximum absolute atomic E-state index is 12.2. The molecule has 1 atom stereocenters. The number of nitrogens with zero attached hydrogens (tertiary/aromatic N) is 1. The van der Waals surface area contributed by atoms with Crippen molar-refractivity contribution >= 4 is 11.6 Å². The van der Waals surface area contributed by atoms with Crippen molar-refractivity contribution in [3.63, 3.8) is 0 Å². The first-order chi connectivity index (χ1) is 11.4. The van der Waals surface area contributed by atoms with E-state index in [1.165, 1.54) is 18.2 Å². The number of alkyl halides is 2. The minimum absolute atomic E-state index is 0.0111. The van der Waals surface area contributed by atoms with Gasteiger partial charge in [0.2, 0.25) is 0 Å². The van der Waals surface area contributed by atoms with Crippen LogP contribution in [0.3, 0.4) is 0 Å². The molecule has 0 spiro atoms. The third-order valence-corrected chi connectivity index (χ3v) is 3.19. The maximum Gasteiger partial charge on any atom is 0.387 e. The number of guanidine groups is 1. The number of anilines is 1. The summed E-state index contributed by atoms with van der Waals surface area (Å²) in [5.74, 6) is 0.135. The molecule has 0 aromatic heterocycles. The fourth-order valence-corrected chi connectivity index (χ4v) is 2.10. The van der Waals surface area contributed by atoms with Crippen LogP contribution in [-0.4, -0.2) is 24.2 Å². The van der Waals surface area contributed by atoms with E-state index in [0.717, 1.165) is 11.3 Å². The molecular formula is C17H19F2N3O2. The first-order valence-electron chi connectivity index (χ1n) is 7.30. The number of rotatable bonds is 6. The van der Waals surface area contributed by atoms with Gasteiger partial charge in [-0.1, -0.05) is 24.3 Å². The van der Waals surface area contributed by atoms with Crippen LogP contribution in [0.2, 0.25) is 0 Å². The zero-order valence-corrected chi connectivity index (χ0v) is 13.1. The number of aliphatic imine (C=N–C) groups is 1. The topological polar surface area (TPSA) is 79.9 Å². The molecule has 2 rings (SSSR count). The zero-order valence-electron chi connectivity index (χ0n) is 13.1. The Morgan fingerprint density at radius 2 is 2.00 bits per heavy atom. The number of hydrogen-bond acceptors (Lipinski definition) is 3. The first-order valence-corrected chi connectivity index (χ1v) is 7.30. The molecule has 0 saturated carbocycles. The molecule has 0 bridgehead atoms. The Morgan fingerprint density at radius 1 is 1.25 bits per heavy atom. The molecule has 24 heavy (non-hydrogen) atoms.